The fraction of sp³-hybridized carbons (Fsp3) is 0.571. The Morgan fingerprint density at radius 3 is 2.36 bits per heavy atom. The summed E-state index contributed by atoms with van der Waals surface area (Å²) in [4.78, 5) is 39.5. The van der Waals surface area contributed by atoms with E-state index >= 15 is 0 Å². The van der Waals surface area contributed by atoms with Gasteiger partial charge < -0.3 is 15.4 Å². The van der Waals surface area contributed by atoms with Gasteiger partial charge in [-0.3, -0.25) is 19.3 Å². The SMILES string of the molecule is CCOC(=O)C1(N(C)CC(=O)N[C@H](C(=O)NC)c2ccccc2)CCCCC1. The second-order valence-electron chi connectivity index (χ2n) is 7.19. The molecule has 2 N–H and O–H groups in total. The second-order valence-corrected chi connectivity index (χ2v) is 7.19. The molecule has 0 aliphatic heterocycles. The van der Waals surface area contributed by atoms with E-state index in [0.29, 0.717) is 25.0 Å². The molecule has 2 rings (SSSR count). The number of esters is 1. The molecule has 1 saturated carbocycles. The lowest BCUT2D eigenvalue weighted by atomic mass is 9.80. The van der Waals surface area contributed by atoms with Gasteiger partial charge in [0.2, 0.25) is 11.8 Å². The molecular formula is C21H31N3O4. The largest absolute Gasteiger partial charge is 0.465 e. The van der Waals surface area contributed by atoms with Gasteiger partial charge in [0.15, 0.2) is 0 Å². The van der Waals surface area contributed by atoms with E-state index in [1.165, 1.54) is 7.05 Å². The number of nitrogens with one attached hydrogen (secondary N) is 2. The molecule has 0 aromatic heterocycles. The van der Waals surface area contributed by atoms with Crippen molar-refractivity contribution in [2.24, 2.45) is 0 Å². The molecule has 7 nitrogen and oxygen atoms in total. The number of nitrogens with zero attached hydrogens (tertiary/aromatic N) is 1. The van der Waals surface area contributed by atoms with Crippen molar-refractivity contribution in [2.45, 2.75) is 50.6 Å². The van der Waals surface area contributed by atoms with E-state index in [1.807, 2.05) is 18.2 Å². The van der Waals surface area contributed by atoms with E-state index in [4.69, 9.17) is 4.74 Å². The van der Waals surface area contributed by atoms with Gasteiger partial charge in [0, 0.05) is 7.05 Å². The van der Waals surface area contributed by atoms with E-state index in [1.54, 1.807) is 31.0 Å². The molecular weight excluding hydrogens is 358 g/mol. The predicted molar refractivity (Wildman–Crippen MR) is 106 cm³/mol. The molecule has 28 heavy (non-hydrogen) atoms. The summed E-state index contributed by atoms with van der Waals surface area (Å²) >= 11 is 0. The molecule has 1 aliphatic rings. The molecule has 1 aliphatic carbocycles. The van der Waals surface area contributed by atoms with Crippen molar-refractivity contribution in [1.82, 2.24) is 15.5 Å². The van der Waals surface area contributed by atoms with Crippen molar-refractivity contribution in [2.75, 3.05) is 27.2 Å². The molecule has 0 spiro atoms. The van der Waals surface area contributed by atoms with Gasteiger partial charge in [-0.1, -0.05) is 49.6 Å². The lowest BCUT2D eigenvalue weighted by Gasteiger charge is -2.42. The summed E-state index contributed by atoms with van der Waals surface area (Å²) < 4.78 is 5.32. The molecule has 2 amide bonds. The molecule has 0 heterocycles. The van der Waals surface area contributed by atoms with Gasteiger partial charge in [-0.25, -0.2) is 0 Å². The van der Waals surface area contributed by atoms with Crippen LogP contribution < -0.4 is 10.6 Å². The number of rotatable bonds is 8. The average Bonchev–Trinajstić information content (AvgIpc) is 2.72. The highest BCUT2D eigenvalue weighted by Crippen LogP contribution is 2.34. The minimum atomic E-state index is -0.781. The Balaban J connectivity index is 2.12. The Bertz CT molecular complexity index is 671. The summed E-state index contributed by atoms with van der Waals surface area (Å²) in [5.74, 6) is -0.870. The number of amides is 2. The molecule has 0 bridgehead atoms. The zero-order chi connectivity index (χ0) is 20.6. The summed E-state index contributed by atoms with van der Waals surface area (Å²) in [6.45, 7) is 2.11. The monoisotopic (exact) mass is 389 g/mol. The van der Waals surface area contributed by atoms with Crippen LogP contribution in [0.3, 0.4) is 0 Å². The topological polar surface area (TPSA) is 87.7 Å². The Morgan fingerprint density at radius 1 is 1.14 bits per heavy atom. The normalized spacial score (nSPS) is 16.9. The molecule has 0 saturated heterocycles. The van der Waals surface area contributed by atoms with Gasteiger partial charge in [0.05, 0.1) is 13.2 Å². The lowest BCUT2D eigenvalue weighted by Crippen LogP contribution is -2.57. The van der Waals surface area contributed by atoms with Crippen molar-refractivity contribution in [3.05, 3.63) is 35.9 Å². The zero-order valence-corrected chi connectivity index (χ0v) is 17.0. The van der Waals surface area contributed by atoms with Crippen molar-refractivity contribution in [1.29, 1.82) is 0 Å². The van der Waals surface area contributed by atoms with Crippen LogP contribution in [0.5, 0.6) is 0 Å². The molecule has 7 heteroatoms. The maximum absolute atomic E-state index is 12.7. The first kappa shape index (κ1) is 21.9. The number of carbonyl (C=O) groups excluding carboxylic acids is 3. The third-order valence-corrected chi connectivity index (χ3v) is 5.39. The van der Waals surface area contributed by atoms with Crippen LogP contribution in [0.2, 0.25) is 0 Å². The minimum Gasteiger partial charge on any atom is -0.465 e. The van der Waals surface area contributed by atoms with Crippen LogP contribution in [-0.2, 0) is 19.1 Å². The van der Waals surface area contributed by atoms with E-state index < -0.39 is 11.6 Å². The number of hydrogen-bond donors (Lipinski definition) is 2. The van der Waals surface area contributed by atoms with Gasteiger partial charge in [-0.15, -0.1) is 0 Å². The Morgan fingerprint density at radius 2 is 1.79 bits per heavy atom. The van der Waals surface area contributed by atoms with Gasteiger partial charge in [0.25, 0.3) is 0 Å². The van der Waals surface area contributed by atoms with Crippen LogP contribution in [0.1, 0.15) is 50.6 Å². The lowest BCUT2D eigenvalue weighted by molar-refractivity contribution is -0.160. The van der Waals surface area contributed by atoms with Crippen LogP contribution in [-0.4, -0.2) is 55.5 Å². The Labute approximate surface area is 166 Å². The van der Waals surface area contributed by atoms with E-state index in [9.17, 15) is 14.4 Å². The molecule has 1 fully saturated rings. The van der Waals surface area contributed by atoms with Crippen LogP contribution in [0, 0.1) is 0 Å². The molecule has 1 atom stereocenters. The fourth-order valence-corrected chi connectivity index (χ4v) is 3.81. The minimum absolute atomic E-state index is 0.0130. The number of carbonyl (C=O) groups is 3. The molecule has 0 radical (unpaired) electrons. The fourth-order valence-electron chi connectivity index (χ4n) is 3.81. The highest BCUT2D eigenvalue weighted by atomic mass is 16.5. The summed E-state index contributed by atoms with van der Waals surface area (Å²) in [7, 11) is 3.31. The number of likely N-dealkylation sites (N-methyl/N-ethyl adjacent to an activating group) is 2. The zero-order valence-electron chi connectivity index (χ0n) is 17.0. The van der Waals surface area contributed by atoms with Gasteiger partial charge >= 0.3 is 5.97 Å². The first-order valence-electron chi connectivity index (χ1n) is 9.89. The number of hydrogen-bond acceptors (Lipinski definition) is 5. The molecule has 154 valence electrons. The first-order chi connectivity index (χ1) is 13.4. The third kappa shape index (κ3) is 5.10. The summed E-state index contributed by atoms with van der Waals surface area (Å²) in [6.07, 6.45) is 4.28. The number of benzene rings is 1. The standard InChI is InChI=1S/C21H31N3O4/c1-4-28-20(27)21(13-9-6-10-14-21)24(3)15-17(25)23-18(19(26)22-2)16-11-7-5-8-12-16/h5,7-8,11-12,18H,4,6,9-10,13-15H2,1-3H3,(H,22,26)(H,23,25)/t18-/m0/s1. The van der Waals surface area contributed by atoms with E-state index in [2.05, 4.69) is 10.6 Å². The van der Waals surface area contributed by atoms with Crippen LogP contribution >= 0.6 is 0 Å². The number of ether oxygens (including phenoxy) is 1. The van der Waals surface area contributed by atoms with Crippen molar-refractivity contribution in [3.63, 3.8) is 0 Å². The van der Waals surface area contributed by atoms with Crippen molar-refractivity contribution < 1.29 is 19.1 Å². The third-order valence-electron chi connectivity index (χ3n) is 5.39. The van der Waals surface area contributed by atoms with Gasteiger partial charge in [0.1, 0.15) is 11.6 Å². The first-order valence-corrected chi connectivity index (χ1v) is 9.89. The maximum atomic E-state index is 12.7. The van der Waals surface area contributed by atoms with Crippen molar-refractivity contribution in [3.8, 4) is 0 Å². The second kappa shape index (κ2) is 10.2. The average molecular weight is 389 g/mol. The van der Waals surface area contributed by atoms with Gasteiger partial charge in [-0.05, 0) is 32.4 Å². The molecule has 0 unspecified atom stereocenters. The van der Waals surface area contributed by atoms with Crippen molar-refractivity contribution >= 4 is 17.8 Å². The van der Waals surface area contributed by atoms with Crippen LogP contribution in [0.15, 0.2) is 30.3 Å². The highest BCUT2D eigenvalue weighted by Gasteiger charge is 2.45. The van der Waals surface area contributed by atoms with E-state index in [0.717, 1.165) is 19.3 Å². The van der Waals surface area contributed by atoms with Gasteiger partial charge in [-0.2, -0.15) is 0 Å². The molecule has 1 aromatic rings. The summed E-state index contributed by atoms with van der Waals surface area (Å²) in [6, 6.07) is 8.31. The van der Waals surface area contributed by atoms with Crippen LogP contribution in [0.25, 0.3) is 0 Å². The highest BCUT2D eigenvalue weighted by molar-refractivity contribution is 5.89. The summed E-state index contributed by atoms with van der Waals surface area (Å²) in [5.41, 5.74) is -0.0726. The Kier molecular flexibility index (Phi) is 7.99. The Hall–Kier alpha value is -2.41. The van der Waals surface area contributed by atoms with E-state index in [-0.39, 0.29) is 24.3 Å². The quantitative estimate of drug-likeness (QED) is 0.662. The smallest absolute Gasteiger partial charge is 0.326 e. The summed E-state index contributed by atoms with van der Waals surface area (Å²) in [5, 5.41) is 5.38. The predicted octanol–water partition coefficient (Wildman–Crippen LogP) is 1.79. The van der Waals surface area contributed by atoms with Crippen LogP contribution in [0.4, 0.5) is 0 Å². The maximum Gasteiger partial charge on any atom is 0.326 e. The molecule has 1 aromatic carbocycles.